The van der Waals surface area contributed by atoms with Crippen LogP contribution in [0.3, 0.4) is 0 Å². The summed E-state index contributed by atoms with van der Waals surface area (Å²) in [6, 6.07) is 0. The van der Waals surface area contributed by atoms with Crippen molar-refractivity contribution in [2.24, 2.45) is 0 Å². The van der Waals surface area contributed by atoms with Crippen LogP contribution in [0, 0.1) is 0 Å². The topological polar surface area (TPSA) is 54.4 Å². The first-order valence-electron chi connectivity index (χ1n) is 3.67. The zero-order valence-electron chi connectivity index (χ0n) is 6.95. The number of hydrogen-bond donors (Lipinski definition) is 1. The maximum Gasteiger partial charge on any atom is 0.265 e. The summed E-state index contributed by atoms with van der Waals surface area (Å²) >= 11 is 0. The van der Waals surface area contributed by atoms with E-state index in [4.69, 9.17) is 4.55 Å². The first kappa shape index (κ1) is 11.3. The molecule has 0 saturated heterocycles. The predicted octanol–water partition coefficient (Wildman–Crippen LogP) is 1.40. The highest BCUT2D eigenvalue weighted by Crippen LogP contribution is 2.33. The summed E-state index contributed by atoms with van der Waals surface area (Å²) in [6.45, 7) is 4.11. The second kappa shape index (κ2) is 5.07. The normalized spacial score (nSPS) is 12.4. The molecule has 0 aliphatic heterocycles. The molecule has 3 nitrogen and oxygen atoms in total. The monoisotopic (exact) mass is 198 g/mol. The third-order valence-corrected chi connectivity index (χ3v) is 5.23. The van der Waals surface area contributed by atoms with Gasteiger partial charge in [0.15, 0.2) is 0 Å². The molecule has 1 N–H and O–H groups in total. The molecule has 0 saturated carbocycles. The molecule has 0 fully saturated rings. The van der Waals surface area contributed by atoms with Crippen LogP contribution in [0.25, 0.3) is 0 Å². The molecular formula is C6H15O3PS. The van der Waals surface area contributed by atoms with Crippen LogP contribution in [-0.4, -0.2) is 37.2 Å². The Morgan fingerprint density at radius 3 is 2.00 bits per heavy atom. The summed E-state index contributed by atoms with van der Waals surface area (Å²) < 4.78 is 29.1. The van der Waals surface area contributed by atoms with Crippen molar-refractivity contribution in [3.05, 3.63) is 0 Å². The molecule has 11 heavy (non-hydrogen) atoms. The first-order valence-corrected chi connectivity index (χ1v) is 7.17. The minimum Gasteiger partial charge on any atom is -0.286 e. The van der Waals surface area contributed by atoms with Gasteiger partial charge in [0, 0.05) is 0 Å². The van der Waals surface area contributed by atoms with Crippen molar-refractivity contribution in [1.29, 1.82) is 0 Å². The zero-order valence-corrected chi connectivity index (χ0v) is 8.66. The van der Waals surface area contributed by atoms with Crippen molar-refractivity contribution < 1.29 is 13.0 Å². The van der Waals surface area contributed by atoms with Gasteiger partial charge in [-0.25, -0.2) is 0 Å². The molecule has 0 bridgehead atoms. The molecule has 0 amide bonds. The van der Waals surface area contributed by atoms with Crippen molar-refractivity contribution >= 4 is 18.0 Å². The largest absolute Gasteiger partial charge is 0.286 e. The minimum atomic E-state index is -3.72. The Kier molecular flexibility index (Phi) is 5.23. The second-order valence-electron chi connectivity index (χ2n) is 2.31. The van der Waals surface area contributed by atoms with Crippen molar-refractivity contribution in [3.63, 3.8) is 0 Å². The Bertz CT molecular complexity index is 184. The summed E-state index contributed by atoms with van der Waals surface area (Å²) in [5.74, 6) is -0.0691. The average molecular weight is 198 g/mol. The van der Waals surface area contributed by atoms with E-state index in [9.17, 15) is 8.42 Å². The summed E-state index contributed by atoms with van der Waals surface area (Å²) in [4.78, 5) is 0. The van der Waals surface area contributed by atoms with Gasteiger partial charge in [-0.2, -0.15) is 8.42 Å². The SMILES string of the molecule is CCP(CC)CCS(=O)(=O)O. The first-order chi connectivity index (χ1) is 4.99. The fraction of sp³-hybridized carbons (Fsp3) is 1.00. The lowest BCUT2D eigenvalue weighted by atomic mass is 10.9. The Morgan fingerprint density at radius 2 is 1.73 bits per heavy atom. The molecule has 0 heterocycles. The van der Waals surface area contributed by atoms with Crippen molar-refractivity contribution in [2.45, 2.75) is 13.8 Å². The van der Waals surface area contributed by atoms with Gasteiger partial charge in [0.2, 0.25) is 0 Å². The van der Waals surface area contributed by atoms with E-state index in [0.717, 1.165) is 12.3 Å². The van der Waals surface area contributed by atoms with Gasteiger partial charge in [-0.05, 0) is 18.5 Å². The van der Waals surface area contributed by atoms with E-state index in [1.54, 1.807) is 0 Å². The standard InChI is InChI=1S/C6H15O3PS/c1-3-10(4-2)5-6-11(7,8)9/h3-6H2,1-2H3,(H,7,8,9). The molecule has 0 aromatic carbocycles. The third-order valence-electron chi connectivity index (χ3n) is 1.56. The fourth-order valence-electron chi connectivity index (χ4n) is 0.784. The van der Waals surface area contributed by atoms with Gasteiger partial charge in [-0.3, -0.25) is 4.55 Å². The quantitative estimate of drug-likeness (QED) is 0.536. The van der Waals surface area contributed by atoms with Crippen LogP contribution in [0.1, 0.15) is 13.8 Å². The molecule has 0 rings (SSSR count). The predicted molar refractivity (Wildman–Crippen MR) is 49.3 cm³/mol. The van der Waals surface area contributed by atoms with E-state index in [-0.39, 0.29) is 13.7 Å². The molecular weight excluding hydrogens is 183 g/mol. The summed E-state index contributed by atoms with van der Waals surface area (Å²) in [7, 11) is -3.88. The van der Waals surface area contributed by atoms with Gasteiger partial charge in [0.1, 0.15) is 0 Å². The van der Waals surface area contributed by atoms with Gasteiger partial charge in [-0.1, -0.05) is 13.8 Å². The Labute approximate surface area is 69.7 Å². The lowest BCUT2D eigenvalue weighted by Gasteiger charge is -2.10. The molecule has 0 aromatic rings. The van der Waals surface area contributed by atoms with Gasteiger partial charge in [0.25, 0.3) is 10.1 Å². The number of hydrogen-bond acceptors (Lipinski definition) is 2. The smallest absolute Gasteiger partial charge is 0.265 e. The molecule has 68 valence electrons. The molecule has 0 aliphatic carbocycles. The van der Waals surface area contributed by atoms with Crippen molar-refractivity contribution in [3.8, 4) is 0 Å². The van der Waals surface area contributed by atoms with Crippen LogP contribution < -0.4 is 0 Å². The Hall–Kier alpha value is 0.340. The lowest BCUT2D eigenvalue weighted by Crippen LogP contribution is -2.08. The molecule has 0 radical (unpaired) electrons. The third kappa shape index (κ3) is 6.73. The Morgan fingerprint density at radius 1 is 1.27 bits per heavy atom. The van der Waals surface area contributed by atoms with E-state index >= 15 is 0 Å². The van der Waals surface area contributed by atoms with E-state index in [1.165, 1.54) is 0 Å². The molecule has 0 aromatic heterocycles. The van der Waals surface area contributed by atoms with Crippen molar-refractivity contribution in [1.82, 2.24) is 0 Å². The van der Waals surface area contributed by atoms with Crippen LogP contribution in [0.2, 0.25) is 0 Å². The number of rotatable bonds is 5. The fourth-order valence-corrected chi connectivity index (χ4v) is 3.82. The van der Waals surface area contributed by atoms with Crippen LogP contribution in [0.15, 0.2) is 0 Å². The Balaban J connectivity index is 3.69. The van der Waals surface area contributed by atoms with Gasteiger partial charge in [0.05, 0.1) is 5.75 Å². The van der Waals surface area contributed by atoms with Crippen LogP contribution in [0.4, 0.5) is 0 Å². The highest BCUT2D eigenvalue weighted by atomic mass is 32.2. The van der Waals surface area contributed by atoms with E-state index < -0.39 is 10.1 Å². The second-order valence-corrected chi connectivity index (χ2v) is 6.94. The minimum absolute atomic E-state index is 0.0691. The summed E-state index contributed by atoms with van der Waals surface area (Å²) in [6.07, 6.45) is 2.73. The summed E-state index contributed by atoms with van der Waals surface area (Å²) in [5, 5.41) is 0. The van der Waals surface area contributed by atoms with Gasteiger partial charge >= 0.3 is 0 Å². The maximum atomic E-state index is 10.3. The molecule has 0 spiro atoms. The van der Waals surface area contributed by atoms with Gasteiger partial charge < -0.3 is 0 Å². The summed E-state index contributed by atoms with van der Waals surface area (Å²) in [5.41, 5.74) is 0. The van der Waals surface area contributed by atoms with Crippen molar-refractivity contribution in [2.75, 3.05) is 24.2 Å². The van der Waals surface area contributed by atoms with Crippen LogP contribution in [-0.2, 0) is 10.1 Å². The zero-order chi connectivity index (χ0) is 8.91. The molecule has 0 aliphatic rings. The van der Waals surface area contributed by atoms with Crippen LogP contribution in [0.5, 0.6) is 0 Å². The van der Waals surface area contributed by atoms with E-state index in [0.29, 0.717) is 6.16 Å². The van der Waals surface area contributed by atoms with Crippen LogP contribution >= 0.6 is 7.92 Å². The molecule has 0 atom stereocenters. The lowest BCUT2D eigenvalue weighted by molar-refractivity contribution is 0.485. The average Bonchev–Trinajstić information content (AvgIpc) is 1.88. The highest BCUT2D eigenvalue weighted by Gasteiger charge is 2.08. The highest BCUT2D eigenvalue weighted by molar-refractivity contribution is 7.86. The molecule has 0 unspecified atom stereocenters. The van der Waals surface area contributed by atoms with E-state index in [2.05, 4.69) is 13.8 Å². The van der Waals surface area contributed by atoms with E-state index in [1.807, 2.05) is 0 Å². The molecule has 5 heteroatoms. The maximum absolute atomic E-state index is 10.3. The van der Waals surface area contributed by atoms with Gasteiger partial charge in [-0.15, -0.1) is 7.92 Å².